The number of rotatable bonds is 3. The second kappa shape index (κ2) is 9.15. The van der Waals surface area contributed by atoms with Crippen molar-refractivity contribution in [3.63, 3.8) is 0 Å². The van der Waals surface area contributed by atoms with Crippen LogP contribution >= 0.6 is 11.8 Å². The van der Waals surface area contributed by atoms with E-state index >= 15 is 0 Å². The lowest BCUT2D eigenvalue weighted by molar-refractivity contribution is -0.127. The average molecular weight is 432 g/mol. The predicted molar refractivity (Wildman–Crippen MR) is 102 cm³/mol. The lowest BCUT2D eigenvalue weighted by atomic mass is 9.88. The number of carbonyl (C=O) groups excluding carboxylic acids is 1. The third-order valence-corrected chi connectivity index (χ3v) is 6.03. The van der Waals surface area contributed by atoms with Crippen molar-refractivity contribution in [1.82, 2.24) is 9.80 Å². The van der Waals surface area contributed by atoms with E-state index in [9.17, 15) is 22.8 Å². The van der Waals surface area contributed by atoms with Crippen LogP contribution in [0.1, 0.15) is 23.5 Å². The molecule has 1 N–H and O–H groups in total. The number of hydrogen-bond acceptors (Lipinski definition) is 4. The zero-order chi connectivity index (χ0) is 21.0. The van der Waals surface area contributed by atoms with Gasteiger partial charge in [-0.15, -0.1) is 0 Å². The van der Waals surface area contributed by atoms with Crippen LogP contribution in [0.15, 0.2) is 24.3 Å². The summed E-state index contributed by atoms with van der Waals surface area (Å²) in [5, 5.41) is 9.00. The summed E-state index contributed by atoms with van der Waals surface area (Å²) in [6.45, 7) is 1.83. The number of hydrogen-bond donors (Lipinski definition) is 1. The summed E-state index contributed by atoms with van der Waals surface area (Å²) >= 11 is 1.78. The molecule has 1 aromatic rings. The van der Waals surface area contributed by atoms with Gasteiger partial charge in [0.05, 0.1) is 13.0 Å². The maximum atomic E-state index is 12.9. The van der Waals surface area contributed by atoms with Crippen LogP contribution in [-0.2, 0) is 11.2 Å². The second-order valence-electron chi connectivity index (χ2n) is 7.26. The van der Waals surface area contributed by atoms with E-state index in [1.165, 1.54) is 12.1 Å². The van der Waals surface area contributed by atoms with Crippen molar-refractivity contribution in [1.29, 1.82) is 0 Å². The summed E-state index contributed by atoms with van der Waals surface area (Å²) in [6, 6.07) is 5.95. The number of benzene rings is 1. The molecular weight excluding hydrogens is 409 g/mol. The van der Waals surface area contributed by atoms with Crippen LogP contribution in [0.3, 0.4) is 0 Å². The zero-order valence-electron chi connectivity index (χ0n) is 15.7. The van der Waals surface area contributed by atoms with Crippen LogP contribution in [-0.4, -0.2) is 77.1 Å². The number of carbonyl (C=O) groups is 2. The lowest BCUT2D eigenvalue weighted by Gasteiger charge is -2.40. The Labute approximate surface area is 171 Å². The molecule has 0 spiro atoms. The highest BCUT2D eigenvalue weighted by Gasteiger charge is 2.35. The minimum atomic E-state index is -4.28. The van der Waals surface area contributed by atoms with E-state index in [1.54, 1.807) is 33.7 Å². The fourth-order valence-corrected chi connectivity index (χ4v) is 4.68. The molecule has 29 heavy (non-hydrogen) atoms. The zero-order valence-corrected chi connectivity index (χ0v) is 16.5. The third kappa shape index (κ3) is 6.19. The van der Waals surface area contributed by atoms with Crippen LogP contribution in [0, 0.1) is 0 Å². The maximum Gasteiger partial charge on any atom is 0.506 e. The Bertz CT molecular complexity index is 723. The molecule has 1 aromatic carbocycles. The number of likely N-dealkylation sites (tertiary alicyclic amines) is 1. The Morgan fingerprint density at radius 2 is 1.76 bits per heavy atom. The Morgan fingerprint density at radius 1 is 1.10 bits per heavy atom. The van der Waals surface area contributed by atoms with Crippen LogP contribution in [0.5, 0.6) is 0 Å². The van der Waals surface area contributed by atoms with Crippen molar-refractivity contribution in [2.75, 3.05) is 37.7 Å². The highest BCUT2D eigenvalue weighted by molar-refractivity contribution is 7.99. The molecule has 0 bridgehead atoms. The van der Waals surface area contributed by atoms with Crippen molar-refractivity contribution in [3.05, 3.63) is 35.4 Å². The minimum Gasteiger partial charge on any atom is -0.450 e. The number of amides is 2. The van der Waals surface area contributed by atoms with Crippen molar-refractivity contribution in [2.45, 2.75) is 31.0 Å². The Morgan fingerprint density at radius 3 is 2.34 bits per heavy atom. The van der Waals surface area contributed by atoms with Gasteiger partial charge in [-0.25, -0.2) is 9.59 Å². The second-order valence-corrected chi connectivity index (χ2v) is 8.48. The smallest absolute Gasteiger partial charge is 0.450 e. The number of halogens is 3. The van der Waals surface area contributed by atoms with Crippen molar-refractivity contribution in [2.24, 2.45) is 0 Å². The van der Waals surface area contributed by atoms with E-state index in [0.717, 1.165) is 17.1 Å². The van der Waals surface area contributed by atoms with Gasteiger partial charge in [0.1, 0.15) is 6.10 Å². The first-order chi connectivity index (χ1) is 13.7. The summed E-state index contributed by atoms with van der Waals surface area (Å²) in [4.78, 5) is 27.3. The monoisotopic (exact) mass is 432 g/mol. The molecule has 2 amide bonds. The molecule has 6 nitrogen and oxygen atoms in total. The molecule has 10 heteroatoms. The Hall–Kier alpha value is -2.10. The van der Waals surface area contributed by atoms with Crippen LogP contribution in [0.4, 0.5) is 22.8 Å². The van der Waals surface area contributed by atoms with Gasteiger partial charge >= 0.3 is 18.4 Å². The first-order valence-electron chi connectivity index (χ1n) is 9.38. The van der Waals surface area contributed by atoms with Gasteiger partial charge in [0, 0.05) is 37.1 Å². The molecule has 3 rings (SSSR count). The van der Waals surface area contributed by atoms with E-state index in [4.69, 9.17) is 9.84 Å². The van der Waals surface area contributed by atoms with Gasteiger partial charge in [0.25, 0.3) is 0 Å². The number of alkyl halides is 3. The molecule has 2 aliphatic heterocycles. The van der Waals surface area contributed by atoms with E-state index < -0.39 is 24.9 Å². The quantitative estimate of drug-likeness (QED) is 0.736. The van der Waals surface area contributed by atoms with E-state index in [1.807, 2.05) is 0 Å². The summed E-state index contributed by atoms with van der Waals surface area (Å²) < 4.78 is 42.6. The fraction of sp³-hybridized carbons (Fsp3) is 0.579. The maximum absolute atomic E-state index is 12.9. The molecule has 2 heterocycles. The first-order valence-corrected chi connectivity index (χ1v) is 10.5. The average Bonchev–Trinajstić information content (AvgIpc) is 2.66. The molecule has 0 radical (unpaired) electrons. The number of urea groups is 1. The minimum absolute atomic E-state index is 0.150. The first kappa shape index (κ1) is 21.6. The summed E-state index contributed by atoms with van der Waals surface area (Å²) in [5.74, 6) is 1.51. The van der Waals surface area contributed by atoms with Crippen molar-refractivity contribution in [3.8, 4) is 0 Å². The van der Waals surface area contributed by atoms with Crippen LogP contribution < -0.4 is 0 Å². The van der Waals surface area contributed by atoms with Gasteiger partial charge in [-0.05, 0) is 17.5 Å². The highest BCUT2D eigenvalue weighted by atomic mass is 32.2. The topological polar surface area (TPSA) is 70.1 Å². The Balaban J connectivity index is 1.74. The van der Waals surface area contributed by atoms with Gasteiger partial charge in [0.2, 0.25) is 0 Å². The molecule has 2 atom stereocenters. The Kier molecular flexibility index (Phi) is 6.81. The molecule has 0 aromatic heterocycles. The summed E-state index contributed by atoms with van der Waals surface area (Å²) in [6.07, 6.45) is -6.98. The van der Waals surface area contributed by atoms with Gasteiger partial charge in [0.15, 0.2) is 0 Å². The molecular formula is C19H23F3N2O4S. The summed E-state index contributed by atoms with van der Waals surface area (Å²) in [5.41, 5.74) is 0.927. The largest absolute Gasteiger partial charge is 0.506 e. The molecule has 0 saturated carbocycles. The van der Waals surface area contributed by atoms with Gasteiger partial charge in [-0.1, -0.05) is 24.3 Å². The number of thioether (sulfide) groups is 1. The number of piperidine rings is 1. The fourth-order valence-electron chi connectivity index (χ4n) is 3.77. The molecule has 160 valence electrons. The van der Waals surface area contributed by atoms with Gasteiger partial charge < -0.3 is 19.6 Å². The predicted octanol–water partition coefficient (Wildman–Crippen LogP) is 3.81. The number of carboxylic acid groups (broad SMARTS) is 1. The molecule has 2 saturated heterocycles. The van der Waals surface area contributed by atoms with Crippen LogP contribution in [0.25, 0.3) is 0 Å². The molecule has 2 fully saturated rings. The standard InChI is InChI=1S/C19H23F3N2O4S/c20-19(21,22)10-13-1-3-14(4-2-13)15-9-16(28-18(26)27)12-24(11-15)17(25)23-5-7-29-8-6-23/h1-4,15-16H,5-12H2,(H,26,27). The lowest BCUT2D eigenvalue weighted by Crippen LogP contribution is -2.53. The third-order valence-electron chi connectivity index (χ3n) is 5.09. The van der Waals surface area contributed by atoms with E-state index in [0.29, 0.717) is 26.1 Å². The number of ether oxygens (including phenoxy) is 1. The highest BCUT2D eigenvalue weighted by Crippen LogP contribution is 2.31. The van der Waals surface area contributed by atoms with Crippen molar-refractivity contribution >= 4 is 23.9 Å². The van der Waals surface area contributed by atoms with Crippen LogP contribution in [0.2, 0.25) is 0 Å². The molecule has 2 aliphatic rings. The van der Waals surface area contributed by atoms with E-state index in [2.05, 4.69) is 0 Å². The van der Waals surface area contributed by atoms with Gasteiger partial charge in [-0.2, -0.15) is 24.9 Å². The molecule has 2 unspecified atom stereocenters. The number of nitrogens with zero attached hydrogens (tertiary/aromatic N) is 2. The van der Waals surface area contributed by atoms with E-state index in [-0.39, 0.29) is 24.1 Å². The normalized spacial score (nSPS) is 23.0. The summed E-state index contributed by atoms with van der Waals surface area (Å²) in [7, 11) is 0. The SMILES string of the molecule is O=C(O)OC1CC(c2ccc(CC(F)(F)F)cc2)CN(C(=O)N2CCSCC2)C1. The molecule has 0 aliphatic carbocycles. The van der Waals surface area contributed by atoms with Gasteiger partial charge in [-0.3, -0.25) is 0 Å². The van der Waals surface area contributed by atoms with Crippen molar-refractivity contribution < 1.29 is 32.6 Å².